The van der Waals surface area contributed by atoms with Gasteiger partial charge in [0, 0.05) is 16.9 Å². The van der Waals surface area contributed by atoms with Crippen LogP contribution >= 0.6 is 11.3 Å². The topological polar surface area (TPSA) is 17.1 Å². The highest BCUT2D eigenvalue weighted by atomic mass is 32.1. The van der Waals surface area contributed by atoms with Crippen molar-refractivity contribution in [3.8, 4) is 0 Å². The van der Waals surface area contributed by atoms with Crippen LogP contribution in [0.2, 0.25) is 0 Å². The first kappa shape index (κ1) is 11.1. The minimum absolute atomic E-state index is 0.220. The molecule has 82 valence electrons. The summed E-state index contributed by atoms with van der Waals surface area (Å²) in [5, 5.41) is 2.01. The number of aryl methyl sites for hydroxylation is 2. The lowest BCUT2D eigenvalue weighted by atomic mass is 9.97. The Balaban J connectivity index is 2.28. The van der Waals surface area contributed by atoms with Crippen molar-refractivity contribution in [3.05, 3.63) is 57.3 Å². The third kappa shape index (κ3) is 2.22. The van der Waals surface area contributed by atoms with Crippen molar-refractivity contribution < 1.29 is 4.79 Å². The van der Waals surface area contributed by atoms with Gasteiger partial charge in [-0.1, -0.05) is 24.3 Å². The lowest BCUT2D eigenvalue weighted by molar-refractivity contribution is 0.0992. The molecule has 0 saturated heterocycles. The third-order valence-corrected chi connectivity index (χ3v) is 3.55. The van der Waals surface area contributed by atoms with Gasteiger partial charge in [-0.05, 0) is 36.4 Å². The highest BCUT2D eigenvalue weighted by Gasteiger charge is 2.12. The Morgan fingerprint density at radius 2 is 1.81 bits per heavy atom. The Kier molecular flexibility index (Phi) is 3.20. The van der Waals surface area contributed by atoms with Crippen molar-refractivity contribution in [2.24, 2.45) is 0 Å². The first-order valence-corrected chi connectivity index (χ1v) is 6.18. The fraction of sp³-hybridized carbons (Fsp3) is 0.214. The molecule has 16 heavy (non-hydrogen) atoms. The molecule has 2 rings (SSSR count). The Bertz CT molecular complexity index is 477. The zero-order valence-corrected chi connectivity index (χ0v) is 10.3. The van der Waals surface area contributed by atoms with Crippen LogP contribution < -0.4 is 0 Å². The zero-order valence-electron chi connectivity index (χ0n) is 9.49. The molecule has 0 unspecified atom stereocenters. The minimum atomic E-state index is 0.220. The smallest absolute Gasteiger partial charge is 0.168 e. The van der Waals surface area contributed by atoms with Gasteiger partial charge in [0.25, 0.3) is 0 Å². The van der Waals surface area contributed by atoms with Crippen molar-refractivity contribution in [1.29, 1.82) is 0 Å². The van der Waals surface area contributed by atoms with E-state index in [-0.39, 0.29) is 5.78 Å². The number of rotatable bonds is 3. The molecule has 0 aliphatic carbocycles. The van der Waals surface area contributed by atoms with Gasteiger partial charge in [-0.15, -0.1) is 11.3 Å². The minimum Gasteiger partial charge on any atom is -0.294 e. The SMILES string of the molecule is Cc1cccc(C)c1C(=O)Cc1cccs1. The Morgan fingerprint density at radius 1 is 1.12 bits per heavy atom. The maximum atomic E-state index is 12.2. The largest absolute Gasteiger partial charge is 0.294 e. The first-order valence-electron chi connectivity index (χ1n) is 5.30. The second-order valence-electron chi connectivity index (χ2n) is 3.95. The number of carbonyl (C=O) groups is 1. The lowest BCUT2D eigenvalue weighted by Gasteiger charge is -2.07. The molecule has 0 aliphatic rings. The van der Waals surface area contributed by atoms with E-state index in [2.05, 4.69) is 0 Å². The van der Waals surface area contributed by atoms with Crippen LogP contribution in [-0.4, -0.2) is 5.78 Å². The summed E-state index contributed by atoms with van der Waals surface area (Å²) in [6.07, 6.45) is 0.517. The van der Waals surface area contributed by atoms with E-state index in [4.69, 9.17) is 0 Å². The van der Waals surface area contributed by atoms with Crippen molar-refractivity contribution in [2.75, 3.05) is 0 Å². The molecular weight excluding hydrogens is 216 g/mol. The number of benzene rings is 1. The van der Waals surface area contributed by atoms with E-state index in [9.17, 15) is 4.79 Å². The van der Waals surface area contributed by atoms with Crippen LogP contribution in [0.15, 0.2) is 35.7 Å². The van der Waals surface area contributed by atoms with E-state index in [0.717, 1.165) is 21.6 Å². The monoisotopic (exact) mass is 230 g/mol. The van der Waals surface area contributed by atoms with Crippen LogP contribution in [0.4, 0.5) is 0 Å². The predicted octanol–water partition coefficient (Wildman–Crippen LogP) is 3.79. The van der Waals surface area contributed by atoms with E-state index in [1.165, 1.54) is 0 Å². The molecule has 0 amide bonds. The summed E-state index contributed by atoms with van der Waals surface area (Å²) < 4.78 is 0. The summed E-state index contributed by atoms with van der Waals surface area (Å²) in [5.74, 6) is 0.220. The molecule has 0 saturated carbocycles. The number of hydrogen-bond donors (Lipinski definition) is 0. The molecule has 2 heteroatoms. The van der Waals surface area contributed by atoms with Crippen molar-refractivity contribution in [1.82, 2.24) is 0 Å². The second-order valence-corrected chi connectivity index (χ2v) is 4.98. The molecule has 0 fully saturated rings. The second kappa shape index (κ2) is 4.62. The van der Waals surface area contributed by atoms with Crippen molar-refractivity contribution >= 4 is 17.1 Å². The van der Waals surface area contributed by atoms with Crippen LogP contribution in [0, 0.1) is 13.8 Å². The summed E-state index contributed by atoms with van der Waals surface area (Å²) in [4.78, 5) is 13.3. The van der Waals surface area contributed by atoms with E-state index < -0.39 is 0 Å². The summed E-state index contributed by atoms with van der Waals surface area (Å²) in [5.41, 5.74) is 3.03. The summed E-state index contributed by atoms with van der Waals surface area (Å²) in [6, 6.07) is 9.98. The van der Waals surface area contributed by atoms with Crippen LogP contribution in [-0.2, 0) is 6.42 Å². The van der Waals surface area contributed by atoms with E-state index >= 15 is 0 Å². The number of ketones is 1. The summed E-state index contributed by atoms with van der Waals surface area (Å²) in [7, 11) is 0. The van der Waals surface area contributed by atoms with Gasteiger partial charge < -0.3 is 0 Å². The normalized spacial score (nSPS) is 10.4. The molecule has 0 N–H and O–H groups in total. The highest BCUT2D eigenvalue weighted by molar-refractivity contribution is 7.10. The molecule has 0 spiro atoms. The fourth-order valence-corrected chi connectivity index (χ4v) is 2.62. The fourth-order valence-electron chi connectivity index (χ4n) is 1.91. The molecule has 0 atom stereocenters. The quantitative estimate of drug-likeness (QED) is 0.733. The van der Waals surface area contributed by atoms with Gasteiger partial charge in [0.15, 0.2) is 5.78 Å². The number of Topliss-reactive ketones (excluding diaryl/α,β-unsaturated/α-hetero) is 1. The Morgan fingerprint density at radius 3 is 2.38 bits per heavy atom. The first-order chi connectivity index (χ1) is 7.68. The molecule has 2 aromatic rings. The average molecular weight is 230 g/mol. The van der Waals surface area contributed by atoms with E-state index in [0.29, 0.717) is 6.42 Å². The lowest BCUT2D eigenvalue weighted by Crippen LogP contribution is -2.06. The number of thiophene rings is 1. The molecule has 0 radical (unpaired) electrons. The van der Waals surface area contributed by atoms with E-state index in [1.807, 2.05) is 49.6 Å². The molecule has 1 aromatic heterocycles. The van der Waals surface area contributed by atoms with Crippen LogP contribution in [0.5, 0.6) is 0 Å². The summed E-state index contributed by atoms with van der Waals surface area (Å²) >= 11 is 1.64. The van der Waals surface area contributed by atoms with Gasteiger partial charge in [-0.3, -0.25) is 4.79 Å². The molecule has 1 nitrogen and oxygen atoms in total. The van der Waals surface area contributed by atoms with Crippen molar-refractivity contribution in [3.63, 3.8) is 0 Å². The third-order valence-electron chi connectivity index (χ3n) is 2.67. The molecule has 1 aromatic carbocycles. The van der Waals surface area contributed by atoms with Crippen LogP contribution in [0.3, 0.4) is 0 Å². The zero-order chi connectivity index (χ0) is 11.5. The maximum Gasteiger partial charge on any atom is 0.168 e. The van der Waals surface area contributed by atoms with Gasteiger partial charge in [0.1, 0.15) is 0 Å². The molecule has 0 bridgehead atoms. The number of hydrogen-bond acceptors (Lipinski definition) is 2. The van der Waals surface area contributed by atoms with Gasteiger partial charge in [-0.25, -0.2) is 0 Å². The Hall–Kier alpha value is -1.41. The average Bonchev–Trinajstić information content (AvgIpc) is 2.70. The molecule has 1 heterocycles. The van der Waals surface area contributed by atoms with Gasteiger partial charge in [0.05, 0.1) is 0 Å². The summed E-state index contributed by atoms with van der Waals surface area (Å²) in [6.45, 7) is 3.99. The standard InChI is InChI=1S/C14H14OS/c1-10-5-3-6-11(2)14(10)13(15)9-12-7-4-8-16-12/h3-8H,9H2,1-2H3. The van der Waals surface area contributed by atoms with Gasteiger partial charge >= 0.3 is 0 Å². The van der Waals surface area contributed by atoms with Crippen LogP contribution in [0.25, 0.3) is 0 Å². The predicted molar refractivity (Wildman–Crippen MR) is 68.3 cm³/mol. The highest BCUT2D eigenvalue weighted by Crippen LogP contribution is 2.18. The maximum absolute atomic E-state index is 12.2. The number of carbonyl (C=O) groups excluding carboxylic acids is 1. The van der Waals surface area contributed by atoms with Gasteiger partial charge in [-0.2, -0.15) is 0 Å². The van der Waals surface area contributed by atoms with Crippen LogP contribution in [0.1, 0.15) is 26.4 Å². The van der Waals surface area contributed by atoms with E-state index in [1.54, 1.807) is 11.3 Å². The van der Waals surface area contributed by atoms with Gasteiger partial charge in [0.2, 0.25) is 0 Å². The molecular formula is C14H14OS. The Labute approximate surface area is 99.8 Å². The van der Waals surface area contributed by atoms with Crippen molar-refractivity contribution in [2.45, 2.75) is 20.3 Å². The molecule has 0 aliphatic heterocycles.